The first-order chi connectivity index (χ1) is 8.47. The van der Waals surface area contributed by atoms with Crippen molar-refractivity contribution in [2.75, 3.05) is 11.9 Å². The van der Waals surface area contributed by atoms with Crippen molar-refractivity contribution >= 4 is 17.3 Å². The van der Waals surface area contributed by atoms with Crippen molar-refractivity contribution in [3.8, 4) is 12.3 Å². The fourth-order valence-corrected chi connectivity index (χ4v) is 1.52. The van der Waals surface area contributed by atoms with E-state index in [1.54, 1.807) is 0 Å². The van der Waals surface area contributed by atoms with Crippen molar-refractivity contribution in [1.82, 2.24) is 9.78 Å². The molecule has 5 heteroatoms. The van der Waals surface area contributed by atoms with Crippen LogP contribution in [0.15, 0.2) is 11.0 Å². The predicted octanol–water partition coefficient (Wildman–Crippen LogP) is 2.23. The molecule has 0 bridgehead atoms. The lowest BCUT2D eigenvalue weighted by Gasteiger charge is -2.17. The molecule has 0 saturated carbocycles. The maximum atomic E-state index is 12.0. The van der Waals surface area contributed by atoms with Gasteiger partial charge in [-0.1, -0.05) is 38.3 Å². The third kappa shape index (κ3) is 3.51. The Morgan fingerprint density at radius 3 is 2.78 bits per heavy atom. The number of terminal acetylenes is 1. The second kappa shape index (κ2) is 6.46. The first-order valence-electron chi connectivity index (χ1n) is 5.90. The molecule has 0 aromatic carbocycles. The molecule has 0 saturated heterocycles. The van der Waals surface area contributed by atoms with Crippen LogP contribution in [0.4, 0.5) is 5.69 Å². The van der Waals surface area contributed by atoms with Gasteiger partial charge >= 0.3 is 0 Å². The van der Waals surface area contributed by atoms with Crippen molar-refractivity contribution in [1.29, 1.82) is 0 Å². The van der Waals surface area contributed by atoms with E-state index in [0.717, 1.165) is 0 Å². The Morgan fingerprint density at radius 1 is 1.56 bits per heavy atom. The van der Waals surface area contributed by atoms with Crippen LogP contribution < -0.4 is 10.9 Å². The molecule has 18 heavy (non-hydrogen) atoms. The molecule has 1 N–H and O–H groups in total. The number of hydrogen-bond acceptors (Lipinski definition) is 3. The number of anilines is 1. The van der Waals surface area contributed by atoms with Gasteiger partial charge in [0.1, 0.15) is 12.2 Å². The summed E-state index contributed by atoms with van der Waals surface area (Å²) in [7, 11) is 0. The lowest BCUT2D eigenvalue weighted by atomic mass is 9.98. The van der Waals surface area contributed by atoms with Crippen LogP contribution in [-0.4, -0.2) is 16.3 Å². The third-order valence-electron chi connectivity index (χ3n) is 2.98. The van der Waals surface area contributed by atoms with E-state index in [-0.39, 0.29) is 12.1 Å². The van der Waals surface area contributed by atoms with Crippen LogP contribution in [0.25, 0.3) is 0 Å². The van der Waals surface area contributed by atoms with Gasteiger partial charge in [0.2, 0.25) is 0 Å². The Hall–Kier alpha value is -1.47. The molecule has 4 nitrogen and oxygen atoms in total. The van der Waals surface area contributed by atoms with Gasteiger partial charge in [-0.15, -0.1) is 6.42 Å². The molecule has 1 atom stereocenters. The molecule has 1 heterocycles. The number of aromatic nitrogens is 2. The number of halogens is 1. The van der Waals surface area contributed by atoms with Crippen LogP contribution in [-0.2, 0) is 6.54 Å². The van der Waals surface area contributed by atoms with Gasteiger partial charge in [0.05, 0.1) is 11.2 Å². The Kier molecular flexibility index (Phi) is 5.24. The Balaban J connectivity index is 2.92. The average molecular weight is 268 g/mol. The molecule has 98 valence electrons. The zero-order valence-electron chi connectivity index (χ0n) is 10.9. The van der Waals surface area contributed by atoms with E-state index in [9.17, 15) is 4.79 Å². The summed E-state index contributed by atoms with van der Waals surface area (Å²) in [5, 5.41) is 7.29. The summed E-state index contributed by atoms with van der Waals surface area (Å²) < 4.78 is 1.22. The summed E-state index contributed by atoms with van der Waals surface area (Å²) in [4.78, 5) is 12.0. The first kappa shape index (κ1) is 14.6. The van der Waals surface area contributed by atoms with Crippen molar-refractivity contribution in [3.05, 3.63) is 21.6 Å². The van der Waals surface area contributed by atoms with Gasteiger partial charge in [-0.05, 0) is 11.8 Å². The van der Waals surface area contributed by atoms with E-state index >= 15 is 0 Å². The van der Waals surface area contributed by atoms with Crippen molar-refractivity contribution in [2.45, 2.75) is 27.3 Å². The molecule has 1 aromatic rings. The summed E-state index contributed by atoms with van der Waals surface area (Å²) in [5.41, 5.74) is 0.0887. The lowest BCUT2D eigenvalue weighted by Crippen LogP contribution is -2.27. The van der Waals surface area contributed by atoms with Crippen molar-refractivity contribution < 1.29 is 0 Å². The lowest BCUT2D eigenvalue weighted by molar-refractivity contribution is 0.439. The van der Waals surface area contributed by atoms with Crippen LogP contribution in [0.5, 0.6) is 0 Å². The van der Waals surface area contributed by atoms with Crippen LogP contribution in [0.2, 0.25) is 5.02 Å². The summed E-state index contributed by atoms with van der Waals surface area (Å²) in [6.45, 7) is 7.22. The van der Waals surface area contributed by atoms with Crippen molar-refractivity contribution in [3.63, 3.8) is 0 Å². The largest absolute Gasteiger partial charge is 0.379 e. The maximum Gasteiger partial charge on any atom is 0.292 e. The second-order valence-corrected chi connectivity index (χ2v) is 5.04. The minimum Gasteiger partial charge on any atom is -0.379 e. The van der Waals surface area contributed by atoms with E-state index in [1.165, 1.54) is 10.9 Å². The van der Waals surface area contributed by atoms with Crippen LogP contribution in [0.3, 0.4) is 0 Å². The molecule has 0 aliphatic rings. The van der Waals surface area contributed by atoms with Gasteiger partial charge in [0.25, 0.3) is 5.56 Å². The predicted molar refractivity (Wildman–Crippen MR) is 74.8 cm³/mol. The van der Waals surface area contributed by atoms with E-state index in [1.807, 2.05) is 0 Å². The minimum absolute atomic E-state index is 0.143. The van der Waals surface area contributed by atoms with Gasteiger partial charge in [-0.3, -0.25) is 4.79 Å². The molecule has 0 radical (unpaired) electrons. The highest BCUT2D eigenvalue weighted by atomic mass is 35.5. The van der Waals surface area contributed by atoms with E-state index in [0.29, 0.717) is 29.1 Å². The number of nitrogens with one attached hydrogen (secondary N) is 1. The van der Waals surface area contributed by atoms with Gasteiger partial charge < -0.3 is 5.32 Å². The van der Waals surface area contributed by atoms with Gasteiger partial charge in [0.15, 0.2) is 0 Å². The highest BCUT2D eigenvalue weighted by molar-refractivity contribution is 6.32. The van der Waals surface area contributed by atoms with E-state index in [2.05, 4.69) is 37.1 Å². The Bertz CT molecular complexity index is 502. The highest BCUT2D eigenvalue weighted by Crippen LogP contribution is 2.17. The SMILES string of the molecule is C#CCn1ncc(Cl)c(NCC(C)C(C)C)c1=O. The molecule has 0 aliphatic carbocycles. The normalized spacial score (nSPS) is 12.2. The summed E-state index contributed by atoms with van der Waals surface area (Å²) >= 11 is 5.97. The Morgan fingerprint density at radius 2 is 2.22 bits per heavy atom. The highest BCUT2D eigenvalue weighted by Gasteiger charge is 2.12. The molecule has 1 rings (SSSR count). The molecule has 1 aromatic heterocycles. The van der Waals surface area contributed by atoms with Gasteiger partial charge in [-0.25, -0.2) is 4.68 Å². The first-order valence-corrected chi connectivity index (χ1v) is 6.28. The van der Waals surface area contributed by atoms with E-state index < -0.39 is 0 Å². The second-order valence-electron chi connectivity index (χ2n) is 4.64. The van der Waals surface area contributed by atoms with Crippen molar-refractivity contribution in [2.24, 2.45) is 11.8 Å². The topological polar surface area (TPSA) is 46.9 Å². The van der Waals surface area contributed by atoms with Gasteiger partial charge in [-0.2, -0.15) is 5.10 Å². The zero-order valence-corrected chi connectivity index (χ0v) is 11.7. The number of hydrogen-bond donors (Lipinski definition) is 1. The number of nitrogens with zero attached hydrogens (tertiary/aromatic N) is 2. The van der Waals surface area contributed by atoms with Crippen LogP contribution in [0.1, 0.15) is 20.8 Å². The summed E-state index contributed by atoms with van der Waals surface area (Å²) in [6, 6.07) is 0. The van der Waals surface area contributed by atoms with Crippen LogP contribution in [0, 0.1) is 24.2 Å². The molecule has 0 amide bonds. The molecular weight excluding hydrogens is 250 g/mol. The third-order valence-corrected chi connectivity index (χ3v) is 3.26. The molecule has 0 spiro atoms. The number of rotatable bonds is 5. The summed E-state index contributed by atoms with van der Waals surface area (Å²) in [5.74, 6) is 3.36. The standard InChI is InChI=1S/C13H18ClN3O/c1-5-6-17-13(18)12(11(14)8-16-17)15-7-10(4)9(2)3/h1,8-10,15H,6-7H2,2-4H3. The average Bonchev–Trinajstić information content (AvgIpc) is 2.32. The minimum atomic E-state index is -0.281. The zero-order chi connectivity index (χ0) is 13.7. The molecule has 0 fully saturated rings. The molecular formula is C13H18ClN3O. The smallest absolute Gasteiger partial charge is 0.292 e. The quantitative estimate of drug-likeness (QED) is 0.833. The van der Waals surface area contributed by atoms with Crippen LogP contribution >= 0.6 is 11.6 Å². The molecule has 0 aliphatic heterocycles. The van der Waals surface area contributed by atoms with E-state index in [4.69, 9.17) is 18.0 Å². The monoisotopic (exact) mass is 267 g/mol. The van der Waals surface area contributed by atoms with Gasteiger partial charge in [0, 0.05) is 6.54 Å². The Labute approximate surface area is 112 Å². The molecule has 1 unspecified atom stereocenters. The fraction of sp³-hybridized carbons (Fsp3) is 0.538. The summed E-state index contributed by atoms with van der Waals surface area (Å²) in [6.07, 6.45) is 6.61. The maximum absolute atomic E-state index is 12.0. The fourth-order valence-electron chi connectivity index (χ4n) is 1.33.